The molecule has 0 atom stereocenters. The zero-order valence-corrected chi connectivity index (χ0v) is 23.0. The van der Waals surface area contributed by atoms with Crippen LogP contribution in [0.1, 0.15) is 1.43 Å². The molecule has 0 amide bonds. The van der Waals surface area contributed by atoms with Gasteiger partial charge in [-0.1, -0.05) is 84.9 Å². The Morgan fingerprint density at radius 1 is 0.622 bits per heavy atom. The predicted octanol–water partition coefficient (Wildman–Crippen LogP) is 8.43. The molecule has 37 heavy (non-hydrogen) atoms. The minimum absolute atomic E-state index is 0. The molecule has 0 spiro atoms. The number of halogens is 6. The molecule has 0 aliphatic heterocycles. The Hall–Kier alpha value is -2.66. The SMILES string of the molecule is O=S(=O)(O)c1cccc(-c2ccc(-c3ccccc3)cc2)c1Oc1ccccc1.S.[F][Sb-]([F])([F])([F])([F])[F].[H+]. The van der Waals surface area contributed by atoms with E-state index in [0.717, 1.165) is 16.7 Å². The van der Waals surface area contributed by atoms with Crippen molar-refractivity contribution >= 4 is 43.1 Å². The minimum Gasteiger partial charge on any atom is 1.00 e. The van der Waals surface area contributed by atoms with Crippen molar-refractivity contribution < 1.29 is 36.0 Å². The van der Waals surface area contributed by atoms with Crippen LogP contribution in [0.25, 0.3) is 22.3 Å². The van der Waals surface area contributed by atoms with Gasteiger partial charge in [-0.3, -0.25) is 4.55 Å². The van der Waals surface area contributed by atoms with Crippen molar-refractivity contribution in [2.75, 3.05) is 0 Å². The topological polar surface area (TPSA) is 63.6 Å². The summed E-state index contributed by atoms with van der Waals surface area (Å²) in [5, 5.41) is 0. The molecule has 0 unspecified atom stereocenters. The van der Waals surface area contributed by atoms with Gasteiger partial charge in [0.2, 0.25) is 0 Å². The Labute approximate surface area is 220 Å². The quantitative estimate of drug-likeness (QED) is 0.131. The van der Waals surface area contributed by atoms with E-state index in [1.807, 2.05) is 60.7 Å². The van der Waals surface area contributed by atoms with Crippen molar-refractivity contribution in [3.05, 3.63) is 103 Å². The number of benzene rings is 4. The second-order valence-corrected chi connectivity index (χ2v) is 14.3. The van der Waals surface area contributed by atoms with Gasteiger partial charge in [0.25, 0.3) is 10.1 Å². The summed E-state index contributed by atoms with van der Waals surface area (Å²) in [7, 11) is -4.46. The fourth-order valence-corrected chi connectivity index (χ4v) is 3.77. The maximum Gasteiger partial charge on any atom is 1.00 e. The Balaban J connectivity index is 0.000000712. The summed E-state index contributed by atoms with van der Waals surface area (Å²) >= 11 is -11.2. The molecule has 0 aliphatic carbocycles. The molecular weight excluding hydrogens is 652 g/mol. The molecule has 0 radical (unpaired) electrons. The Morgan fingerprint density at radius 3 is 1.54 bits per heavy atom. The second kappa shape index (κ2) is 10.6. The van der Waals surface area contributed by atoms with Crippen molar-refractivity contribution in [1.29, 1.82) is 0 Å². The number of hydrogen-bond donors (Lipinski definition) is 1. The van der Waals surface area contributed by atoms with E-state index >= 15 is 0 Å². The first-order valence-corrected chi connectivity index (χ1v) is 17.3. The van der Waals surface area contributed by atoms with Gasteiger partial charge in [0.1, 0.15) is 10.6 Å². The van der Waals surface area contributed by atoms with E-state index in [1.54, 1.807) is 36.4 Å². The second-order valence-electron chi connectivity index (χ2n) is 7.42. The van der Waals surface area contributed by atoms with E-state index in [0.29, 0.717) is 11.3 Å². The van der Waals surface area contributed by atoms with Gasteiger partial charge in [-0.05, 0) is 34.9 Å². The maximum absolute atomic E-state index is 11.9. The van der Waals surface area contributed by atoms with Crippen molar-refractivity contribution in [2.24, 2.45) is 0 Å². The molecule has 4 aromatic rings. The van der Waals surface area contributed by atoms with E-state index in [1.165, 1.54) is 6.07 Å². The summed E-state index contributed by atoms with van der Waals surface area (Å²) in [6, 6.07) is 31.3. The fraction of sp³-hybridized carbons (Fsp3) is 0. The van der Waals surface area contributed by atoms with Crippen LogP contribution in [0, 0.1) is 0 Å². The van der Waals surface area contributed by atoms with Gasteiger partial charge in [-0.2, -0.15) is 21.9 Å². The normalized spacial score (nSPS) is 13.2. The summed E-state index contributed by atoms with van der Waals surface area (Å²) in [6.07, 6.45) is 0. The number of para-hydroxylation sites is 2. The van der Waals surface area contributed by atoms with Gasteiger partial charge < -0.3 is 4.74 Å². The molecule has 1 N–H and O–H groups in total. The van der Waals surface area contributed by atoms with Crippen molar-refractivity contribution in [2.45, 2.75) is 4.90 Å². The monoisotopic (exact) mass is 672 g/mol. The third kappa shape index (κ3) is 10.7. The van der Waals surface area contributed by atoms with Crippen molar-refractivity contribution in [3.8, 4) is 33.8 Å². The molecular formula is C24H21F6O4S2Sb. The van der Waals surface area contributed by atoms with Crippen molar-refractivity contribution in [3.63, 3.8) is 0 Å². The first-order chi connectivity index (χ1) is 16.5. The number of hydrogen-bond acceptors (Lipinski definition) is 3. The van der Waals surface area contributed by atoms with E-state index in [4.69, 9.17) is 4.74 Å². The van der Waals surface area contributed by atoms with E-state index in [-0.39, 0.29) is 25.6 Å². The average Bonchev–Trinajstić information content (AvgIpc) is 2.78. The molecule has 0 fully saturated rings. The summed E-state index contributed by atoms with van der Waals surface area (Å²) in [5.41, 5.74) is 3.49. The number of rotatable bonds is 5. The molecule has 0 aromatic heterocycles. The largest absolute Gasteiger partial charge is 1.00 e. The van der Waals surface area contributed by atoms with Gasteiger partial charge in [0, 0.05) is 5.56 Å². The van der Waals surface area contributed by atoms with Gasteiger partial charge in [0.15, 0.2) is 5.75 Å². The third-order valence-corrected chi connectivity index (χ3v) is 5.40. The van der Waals surface area contributed by atoms with Gasteiger partial charge >= 0.3 is 37.8 Å². The van der Waals surface area contributed by atoms with Crippen LogP contribution >= 0.6 is 13.5 Å². The van der Waals surface area contributed by atoms with Crippen molar-refractivity contribution in [1.82, 2.24) is 0 Å². The van der Waals surface area contributed by atoms with Crippen LogP contribution in [-0.2, 0) is 10.1 Å². The average molecular weight is 673 g/mol. The van der Waals surface area contributed by atoms with Gasteiger partial charge in [-0.15, -0.1) is 0 Å². The molecule has 0 saturated carbocycles. The summed E-state index contributed by atoms with van der Waals surface area (Å²) < 4.78 is 99.0. The summed E-state index contributed by atoms with van der Waals surface area (Å²) in [5.74, 6) is 0.569. The molecule has 4 aromatic carbocycles. The maximum atomic E-state index is 11.9. The van der Waals surface area contributed by atoms with Crippen LogP contribution in [0.4, 0.5) is 16.9 Å². The third-order valence-electron chi connectivity index (χ3n) is 4.52. The van der Waals surface area contributed by atoms with Gasteiger partial charge in [0.05, 0.1) is 0 Å². The van der Waals surface area contributed by atoms with Crippen LogP contribution in [0.2, 0.25) is 0 Å². The standard InChI is InChI=1S/C24H18O4S.6FH.H2S.Sb/c25-29(26,27)23-13-7-12-22(24(23)28-21-10-5-2-6-11-21)20-16-14-19(15-17-20)18-8-3-1-4-9-18;;;;;;;;/h1-17H,(H,25,26,27);6*1H;1H2;/q;;;;;;;;+5/p-5. The molecule has 0 bridgehead atoms. The molecule has 13 heteroatoms. The van der Waals surface area contributed by atoms with E-state index in [2.05, 4.69) is 0 Å². The summed E-state index contributed by atoms with van der Waals surface area (Å²) in [4.78, 5) is -0.272. The molecule has 4 nitrogen and oxygen atoms in total. The fourth-order valence-electron chi connectivity index (χ4n) is 3.13. The minimum atomic E-state index is -11.2. The number of ether oxygens (including phenoxy) is 1. The Bertz CT molecular complexity index is 1450. The molecule has 0 heterocycles. The molecule has 200 valence electrons. The first-order valence-electron chi connectivity index (χ1n) is 10.0. The van der Waals surface area contributed by atoms with Crippen LogP contribution in [0.5, 0.6) is 11.5 Å². The predicted molar refractivity (Wildman–Crippen MR) is 138 cm³/mol. The smallest absolute Gasteiger partial charge is 1.00 e. The van der Waals surface area contributed by atoms with Crippen LogP contribution in [0.3, 0.4) is 0 Å². The Morgan fingerprint density at radius 2 is 1.05 bits per heavy atom. The molecule has 4 rings (SSSR count). The summed E-state index contributed by atoms with van der Waals surface area (Å²) in [6.45, 7) is 0. The zero-order valence-electron chi connectivity index (χ0n) is 19.6. The van der Waals surface area contributed by atoms with E-state index < -0.39 is 29.6 Å². The van der Waals surface area contributed by atoms with Crippen LogP contribution < -0.4 is 4.74 Å². The molecule has 0 saturated heterocycles. The van der Waals surface area contributed by atoms with Gasteiger partial charge in [-0.25, -0.2) is 0 Å². The van der Waals surface area contributed by atoms with Crippen LogP contribution in [0.15, 0.2) is 108 Å². The zero-order chi connectivity index (χ0) is 26.7. The Kier molecular flexibility index (Phi) is 8.76. The molecule has 0 aliphatic rings. The first kappa shape index (κ1) is 30.6. The van der Waals surface area contributed by atoms with E-state index in [9.17, 15) is 29.8 Å². The van der Waals surface area contributed by atoms with Crippen LogP contribution in [-0.4, -0.2) is 32.4 Å².